The molecule has 0 aromatic carbocycles. The molecule has 0 N–H and O–H groups in total. The van der Waals surface area contributed by atoms with E-state index in [1.54, 1.807) is 0 Å². The summed E-state index contributed by atoms with van der Waals surface area (Å²) in [6.07, 6.45) is 9.03. The molecule has 60 valence electrons. The summed E-state index contributed by atoms with van der Waals surface area (Å²) in [5, 5.41) is 0. The van der Waals surface area contributed by atoms with Gasteiger partial charge in [-0.25, -0.2) is 0 Å². The molecule has 0 atom stereocenters. The van der Waals surface area contributed by atoms with Crippen LogP contribution in [0.2, 0.25) is 0 Å². The summed E-state index contributed by atoms with van der Waals surface area (Å²) in [6, 6.07) is 0. The Balaban J connectivity index is 3.60. The zero-order valence-electron chi connectivity index (χ0n) is 7.43. The van der Waals surface area contributed by atoms with Gasteiger partial charge in [-0.15, -0.1) is 0 Å². The Labute approximate surface area is 69.6 Å². The summed E-state index contributed by atoms with van der Waals surface area (Å²) >= 11 is 0. The number of allylic oxidation sites excluding steroid dienone is 6. The lowest BCUT2D eigenvalue weighted by Gasteiger charge is -1.86. The topological polar surface area (TPSA) is 0 Å². The van der Waals surface area contributed by atoms with Gasteiger partial charge in [0.05, 0.1) is 0 Å². The normalized spacial score (nSPS) is 11.1. The molecule has 0 aliphatic heterocycles. The Morgan fingerprint density at radius 3 is 2.27 bits per heavy atom. The van der Waals surface area contributed by atoms with Gasteiger partial charge < -0.3 is 0 Å². The third-order valence-electron chi connectivity index (χ3n) is 1.09. The van der Waals surface area contributed by atoms with E-state index in [9.17, 15) is 0 Å². The minimum atomic E-state index is 0.959. The van der Waals surface area contributed by atoms with Crippen LogP contribution in [-0.2, 0) is 0 Å². The molecule has 0 aromatic heterocycles. The van der Waals surface area contributed by atoms with Crippen LogP contribution in [0, 0.1) is 0 Å². The highest BCUT2D eigenvalue weighted by molar-refractivity contribution is 5.17. The van der Waals surface area contributed by atoms with E-state index < -0.39 is 0 Å². The molecule has 0 heteroatoms. The number of hydrogen-bond donors (Lipinski definition) is 0. The van der Waals surface area contributed by atoms with E-state index in [4.69, 9.17) is 0 Å². The Kier molecular flexibility index (Phi) is 5.18. The first kappa shape index (κ1) is 9.96. The SMILES string of the molecule is C=C(C)/C=C\C=C/CC(=C)C. The molecule has 11 heavy (non-hydrogen) atoms. The van der Waals surface area contributed by atoms with E-state index in [-0.39, 0.29) is 0 Å². The summed E-state index contributed by atoms with van der Waals surface area (Å²) in [6.45, 7) is 11.5. The van der Waals surface area contributed by atoms with Crippen LogP contribution in [0.4, 0.5) is 0 Å². The van der Waals surface area contributed by atoms with Crippen LogP contribution in [0.1, 0.15) is 20.3 Å². The van der Waals surface area contributed by atoms with Crippen LogP contribution >= 0.6 is 0 Å². The average molecular weight is 148 g/mol. The summed E-state index contributed by atoms with van der Waals surface area (Å²) in [4.78, 5) is 0. The van der Waals surface area contributed by atoms with Gasteiger partial charge >= 0.3 is 0 Å². The van der Waals surface area contributed by atoms with Crippen LogP contribution in [0.3, 0.4) is 0 Å². The molecule has 0 radical (unpaired) electrons. The molecule has 0 aliphatic rings. The van der Waals surface area contributed by atoms with Gasteiger partial charge in [0.25, 0.3) is 0 Å². The van der Waals surface area contributed by atoms with Crippen molar-refractivity contribution < 1.29 is 0 Å². The largest absolute Gasteiger partial charge is 0.0998 e. The van der Waals surface area contributed by atoms with Gasteiger partial charge in [-0.2, -0.15) is 0 Å². The minimum absolute atomic E-state index is 0.959. The van der Waals surface area contributed by atoms with Crippen molar-refractivity contribution in [1.82, 2.24) is 0 Å². The Morgan fingerprint density at radius 2 is 1.82 bits per heavy atom. The van der Waals surface area contributed by atoms with Gasteiger partial charge in [-0.1, -0.05) is 48.6 Å². The summed E-state index contributed by atoms with van der Waals surface area (Å²) in [7, 11) is 0. The highest BCUT2D eigenvalue weighted by Gasteiger charge is 1.76. The van der Waals surface area contributed by atoms with E-state index >= 15 is 0 Å². The Morgan fingerprint density at radius 1 is 1.18 bits per heavy atom. The minimum Gasteiger partial charge on any atom is -0.0998 e. The van der Waals surface area contributed by atoms with Gasteiger partial charge in [-0.3, -0.25) is 0 Å². The Hall–Kier alpha value is -1.04. The third-order valence-corrected chi connectivity index (χ3v) is 1.09. The van der Waals surface area contributed by atoms with Crippen LogP contribution in [0.5, 0.6) is 0 Å². The fourth-order valence-corrected chi connectivity index (χ4v) is 0.568. The molecule has 0 saturated heterocycles. The fourth-order valence-electron chi connectivity index (χ4n) is 0.568. The van der Waals surface area contributed by atoms with Crippen molar-refractivity contribution in [2.75, 3.05) is 0 Å². The van der Waals surface area contributed by atoms with Crippen molar-refractivity contribution in [2.24, 2.45) is 0 Å². The number of hydrogen-bond acceptors (Lipinski definition) is 0. The van der Waals surface area contributed by atoms with Crippen molar-refractivity contribution in [3.63, 3.8) is 0 Å². The lowest BCUT2D eigenvalue weighted by Crippen LogP contribution is -1.65. The molecule has 0 aliphatic carbocycles. The average Bonchev–Trinajstić information content (AvgIpc) is 1.85. The molecular weight excluding hydrogens is 132 g/mol. The summed E-state index contributed by atoms with van der Waals surface area (Å²) in [5.74, 6) is 0. The van der Waals surface area contributed by atoms with E-state index in [1.165, 1.54) is 5.57 Å². The molecule has 0 fully saturated rings. The molecule has 0 nitrogen and oxygen atoms in total. The van der Waals surface area contributed by atoms with Gasteiger partial charge in [0.1, 0.15) is 0 Å². The van der Waals surface area contributed by atoms with Crippen molar-refractivity contribution in [2.45, 2.75) is 20.3 Å². The lowest BCUT2D eigenvalue weighted by atomic mass is 10.2. The molecule has 0 bridgehead atoms. The Bertz CT molecular complexity index is 192. The van der Waals surface area contributed by atoms with E-state index in [1.807, 2.05) is 32.1 Å². The predicted molar refractivity (Wildman–Crippen MR) is 52.5 cm³/mol. The first-order chi connectivity index (χ1) is 5.13. The molecule has 0 saturated carbocycles. The smallest absolute Gasteiger partial charge is 0.0141 e. The van der Waals surface area contributed by atoms with Crippen molar-refractivity contribution in [3.05, 3.63) is 48.6 Å². The van der Waals surface area contributed by atoms with Crippen LogP contribution < -0.4 is 0 Å². The second kappa shape index (κ2) is 5.72. The van der Waals surface area contributed by atoms with Crippen molar-refractivity contribution >= 4 is 0 Å². The first-order valence-electron chi connectivity index (χ1n) is 3.76. The molecule has 0 aromatic rings. The molecule has 0 amide bonds. The van der Waals surface area contributed by atoms with Crippen LogP contribution in [-0.4, -0.2) is 0 Å². The quantitative estimate of drug-likeness (QED) is 0.422. The zero-order chi connectivity index (χ0) is 8.69. The second-order valence-electron chi connectivity index (χ2n) is 2.79. The maximum Gasteiger partial charge on any atom is -0.0141 e. The highest BCUT2D eigenvalue weighted by Crippen LogP contribution is 1.96. The molecule has 0 unspecified atom stereocenters. The van der Waals surface area contributed by atoms with Gasteiger partial charge in [0.15, 0.2) is 0 Å². The predicted octanol–water partition coefficient (Wildman–Crippen LogP) is 3.64. The third kappa shape index (κ3) is 8.96. The molecule has 0 heterocycles. The molecular formula is C11H16. The maximum atomic E-state index is 3.79. The summed E-state index contributed by atoms with van der Waals surface area (Å²) < 4.78 is 0. The van der Waals surface area contributed by atoms with Crippen LogP contribution in [0.15, 0.2) is 48.6 Å². The standard InChI is InChI=1S/C11H16/c1-10(2)8-6-5-7-9-11(3)4/h5-8H,1,3,9H2,2,4H3/b7-5-,8-6-. The fraction of sp³-hybridized carbons (Fsp3) is 0.273. The molecule has 0 spiro atoms. The lowest BCUT2D eigenvalue weighted by molar-refractivity contribution is 1.23. The molecule has 0 rings (SSSR count). The number of rotatable bonds is 4. The van der Waals surface area contributed by atoms with Crippen LogP contribution in [0.25, 0.3) is 0 Å². The second-order valence-corrected chi connectivity index (χ2v) is 2.79. The van der Waals surface area contributed by atoms with Gasteiger partial charge in [0.2, 0.25) is 0 Å². The highest BCUT2D eigenvalue weighted by atomic mass is 13.8. The van der Waals surface area contributed by atoms with Crippen molar-refractivity contribution in [3.8, 4) is 0 Å². The van der Waals surface area contributed by atoms with E-state index in [0.29, 0.717) is 0 Å². The van der Waals surface area contributed by atoms with Crippen molar-refractivity contribution in [1.29, 1.82) is 0 Å². The first-order valence-corrected chi connectivity index (χ1v) is 3.76. The van der Waals surface area contributed by atoms with Gasteiger partial charge in [0, 0.05) is 0 Å². The van der Waals surface area contributed by atoms with E-state index in [2.05, 4.69) is 19.2 Å². The monoisotopic (exact) mass is 148 g/mol. The van der Waals surface area contributed by atoms with E-state index in [0.717, 1.165) is 12.0 Å². The zero-order valence-corrected chi connectivity index (χ0v) is 7.43. The summed E-state index contributed by atoms with van der Waals surface area (Å²) in [5.41, 5.74) is 2.26. The maximum absolute atomic E-state index is 3.79. The van der Waals surface area contributed by atoms with Gasteiger partial charge in [-0.05, 0) is 20.3 Å².